The van der Waals surface area contributed by atoms with Gasteiger partial charge in [0.05, 0.1) is 0 Å². The summed E-state index contributed by atoms with van der Waals surface area (Å²) in [6.07, 6.45) is 6.85. The first-order valence-corrected chi connectivity index (χ1v) is 8.78. The molecule has 1 saturated carbocycles. The second-order valence-electron chi connectivity index (χ2n) is 8.67. The van der Waals surface area contributed by atoms with E-state index in [1.54, 1.807) is 0 Å². The molecule has 2 heteroatoms. The van der Waals surface area contributed by atoms with Crippen LogP contribution in [-0.4, -0.2) is 30.1 Å². The fourth-order valence-electron chi connectivity index (χ4n) is 4.46. The number of nitrogens with two attached hydrogens (primary N) is 1. The lowest BCUT2D eigenvalue weighted by molar-refractivity contribution is -0.00310. The maximum atomic E-state index is 6.11. The van der Waals surface area contributed by atoms with Crippen molar-refractivity contribution in [2.24, 2.45) is 28.9 Å². The van der Waals surface area contributed by atoms with Crippen LogP contribution in [0.15, 0.2) is 0 Å². The molecule has 0 aromatic carbocycles. The summed E-state index contributed by atoms with van der Waals surface area (Å²) in [5.74, 6) is 2.45. The van der Waals surface area contributed by atoms with Crippen LogP contribution in [0.2, 0.25) is 0 Å². The molecule has 1 heterocycles. The van der Waals surface area contributed by atoms with Crippen molar-refractivity contribution >= 4 is 0 Å². The standard InChI is InChI=1S/C18H36N2/c1-13-6-7-14(2)20(12-13)17-10-16(18(3,4)5)9-8-15(17)11-19/h13-17H,6-12,19H2,1-5H3. The van der Waals surface area contributed by atoms with Gasteiger partial charge in [0.15, 0.2) is 0 Å². The smallest absolute Gasteiger partial charge is 0.0141 e. The Kier molecular flexibility index (Phi) is 5.18. The lowest BCUT2D eigenvalue weighted by Crippen LogP contribution is -2.54. The maximum Gasteiger partial charge on any atom is 0.0141 e. The predicted molar refractivity (Wildman–Crippen MR) is 87.7 cm³/mol. The Balaban J connectivity index is 2.12. The van der Waals surface area contributed by atoms with Crippen LogP contribution >= 0.6 is 0 Å². The van der Waals surface area contributed by atoms with E-state index in [-0.39, 0.29) is 0 Å². The molecule has 2 rings (SSSR count). The first-order chi connectivity index (χ1) is 9.32. The van der Waals surface area contributed by atoms with E-state index in [1.807, 2.05) is 0 Å². The van der Waals surface area contributed by atoms with E-state index in [2.05, 4.69) is 39.5 Å². The summed E-state index contributed by atoms with van der Waals surface area (Å²) >= 11 is 0. The lowest BCUT2D eigenvalue weighted by atomic mass is 9.67. The van der Waals surface area contributed by atoms with Crippen LogP contribution < -0.4 is 5.73 Å². The van der Waals surface area contributed by atoms with E-state index in [9.17, 15) is 0 Å². The molecule has 1 aliphatic carbocycles. The van der Waals surface area contributed by atoms with Gasteiger partial charge in [0, 0.05) is 18.6 Å². The van der Waals surface area contributed by atoms with Crippen LogP contribution in [0, 0.1) is 23.2 Å². The second kappa shape index (κ2) is 6.36. The van der Waals surface area contributed by atoms with Gasteiger partial charge in [-0.2, -0.15) is 0 Å². The third-order valence-electron chi connectivity index (χ3n) is 6.08. The molecular formula is C18H36N2. The molecule has 0 aromatic rings. The number of nitrogens with zero attached hydrogens (tertiary/aromatic N) is 1. The van der Waals surface area contributed by atoms with Gasteiger partial charge < -0.3 is 5.73 Å². The van der Waals surface area contributed by atoms with Gasteiger partial charge in [-0.25, -0.2) is 0 Å². The van der Waals surface area contributed by atoms with Crippen molar-refractivity contribution in [3.05, 3.63) is 0 Å². The molecule has 1 saturated heterocycles. The van der Waals surface area contributed by atoms with Crippen LogP contribution in [0.3, 0.4) is 0 Å². The molecule has 2 N–H and O–H groups in total. The highest BCUT2D eigenvalue weighted by molar-refractivity contribution is 4.94. The van der Waals surface area contributed by atoms with Gasteiger partial charge in [0.25, 0.3) is 0 Å². The first-order valence-electron chi connectivity index (χ1n) is 8.78. The Morgan fingerprint density at radius 2 is 1.75 bits per heavy atom. The monoisotopic (exact) mass is 280 g/mol. The average Bonchev–Trinajstić information content (AvgIpc) is 2.40. The molecule has 0 aromatic heterocycles. The maximum absolute atomic E-state index is 6.11. The lowest BCUT2D eigenvalue weighted by Gasteiger charge is -2.50. The van der Waals surface area contributed by atoms with Gasteiger partial charge in [-0.3, -0.25) is 4.90 Å². The first kappa shape index (κ1) is 16.3. The zero-order chi connectivity index (χ0) is 14.9. The highest BCUT2D eigenvalue weighted by Gasteiger charge is 2.40. The van der Waals surface area contributed by atoms with Crippen molar-refractivity contribution in [1.29, 1.82) is 0 Å². The molecule has 2 fully saturated rings. The normalized spacial score (nSPS) is 40.8. The van der Waals surface area contributed by atoms with E-state index >= 15 is 0 Å². The molecule has 20 heavy (non-hydrogen) atoms. The fourth-order valence-corrected chi connectivity index (χ4v) is 4.46. The molecule has 2 nitrogen and oxygen atoms in total. The predicted octanol–water partition coefficient (Wildman–Crippen LogP) is 3.90. The minimum atomic E-state index is 0.447. The van der Waals surface area contributed by atoms with Gasteiger partial charge in [-0.15, -0.1) is 0 Å². The minimum Gasteiger partial charge on any atom is -0.330 e. The van der Waals surface area contributed by atoms with Crippen LogP contribution in [0.1, 0.15) is 66.7 Å². The molecule has 5 unspecified atom stereocenters. The minimum absolute atomic E-state index is 0.447. The Labute approximate surface area is 126 Å². The molecule has 0 amide bonds. The van der Waals surface area contributed by atoms with Gasteiger partial charge in [0.2, 0.25) is 0 Å². The van der Waals surface area contributed by atoms with E-state index in [0.29, 0.717) is 5.41 Å². The SMILES string of the molecule is CC1CCC(C)N(C2CC(C(C)(C)C)CCC2CN)C1. The number of piperidine rings is 1. The second-order valence-corrected chi connectivity index (χ2v) is 8.67. The van der Waals surface area contributed by atoms with Crippen LogP contribution in [-0.2, 0) is 0 Å². The Morgan fingerprint density at radius 1 is 1.05 bits per heavy atom. The summed E-state index contributed by atoms with van der Waals surface area (Å²) in [5, 5.41) is 0. The summed E-state index contributed by atoms with van der Waals surface area (Å²) < 4.78 is 0. The van der Waals surface area contributed by atoms with Gasteiger partial charge in [-0.05, 0) is 68.7 Å². The van der Waals surface area contributed by atoms with Crippen LogP contribution in [0.25, 0.3) is 0 Å². The quantitative estimate of drug-likeness (QED) is 0.831. The molecule has 0 radical (unpaired) electrons. The van der Waals surface area contributed by atoms with Crippen LogP contribution in [0.5, 0.6) is 0 Å². The van der Waals surface area contributed by atoms with Gasteiger partial charge in [-0.1, -0.05) is 27.7 Å². The van der Waals surface area contributed by atoms with Crippen molar-refractivity contribution in [3.8, 4) is 0 Å². The Hall–Kier alpha value is -0.0800. The largest absolute Gasteiger partial charge is 0.330 e. The molecular weight excluding hydrogens is 244 g/mol. The highest BCUT2D eigenvalue weighted by atomic mass is 15.2. The van der Waals surface area contributed by atoms with Crippen molar-refractivity contribution in [3.63, 3.8) is 0 Å². The Bertz CT molecular complexity index is 307. The molecule has 0 spiro atoms. The topological polar surface area (TPSA) is 29.3 Å². The zero-order valence-corrected chi connectivity index (χ0v) is 14.4. The average molecular weight is 280 g/mol. The third kappa shape index (κ3) is 3.57. The fraction of sp³-hybridized carbons (Fsp3) is 1.00. The van der Waals surface area contributed by atoms with Crippen molar-refractivity contribution in [1.82, 2.24) is 4.90 Å². The zero-order valence-electron chi connectivity index (χ0n) is 14.4. The summed E-state index contributed by atoms with van der Waals surface area (Å²) in [5.41, 5.74) is 6.56. The molecule has 5 atom stereocenters. The van der Waals surface area contributed by atoms with Gasteiger partial charge in [0.1, 0.15) is 0 Å². The third-order valence-corrected chi connectivity index (χ3v) is 6.08. The molecule has 2 aliphatic rings. The van der Waals surface area contributed by atoms with Gasteiger partial charge >= 0.3 is 0 Å². The summed E-state index contributed by atoms with van der Waals surface area (Å²) in [6, 6.07) is 1.49. The van der Waals surface area contributed by atoms with Crippen molar-refractivity contribution in [2.75, 3.05) is 13.1 Å². The number of rotatable bonds is 2. The van der Waals surface area contributed by atoms with E-state index in [0.717, 1.165) is 36.4 Å². The summed E-state index contributed by atoms with van der Waals surface area (Å²) in [7, 11) is 0. The van der Waals surface area contributed by atoms with E-state index in [4.69, 9.17) is 5.73 Å². The molecule has 118 valence electrons. The van der Waals surface area contributed by atoms with Crippen molar-refractivity contribution in [2.45, 2.75) is 78.8 Å². The van der Waals surface area contributed by atoms with Crippen LogP contribution in [0.4, 0.5) is 0 Å². The summed E-state index contributed by atoms with van der Waals surface area (Å²) in [6.45, 7) is 14.3. The van der Waals surface area contributed by atoms with Crippen molar-refractivity contribution < 1.29 is 0 Å². The van der Waals surface area contributed by atoms with E-state index in [1.165, 1.54) is 38.6 Å². The number of hydrogen-bond donors (Lipinski definition) is 1. The van der Waals surface area contributed by atoms with E-state index < -0.39 is 0 Å². The Morgan fingerprint density at radius 3 is 2.35 bits per heavy atom. The highest BCUT2D eigenvalue weighted by Crippen LogP contribution is 2.42. The number of hydrogen-bond acceptors (Lipinski definition) is 2. The molecule has 0 bridgehead atoms. The number of likely N-dealkylation sites (tertiary alicyclic amines) is 1. The molecule has 1 aliphatic heterocycles. The summed E-state index contributed by atoms with van der Waals surface area (Å²) in [4.78, 5) is 2.82.